The van der Waals surface area contributed by atoms with Crippen molar-refractivity contribution in [3.05, 3.63) is 76.9 Å². The Morgan fingerprint density at radius 2 is 1.91 bits per heavy atom. The topological polar surface area (TPSA) is 38.3 Å². The molecule has 1 N–H and O–H groups in total. The molecule has 1 amide bonds. The second kappa shape index (κ2) is 8.08. The van der Waals surface area contributed by atoms with E-state index in [1.165, 1.54) is 12.1 Å². The Morgan fingerprint density at radius 3 is 2.65 bits per heavy atom. The first-order chi connectivity index (χ1) is 11.1. The Bertz CT molecular complexity index is 700. The molecule has 0 spiro atoms. The van der Waals surface area contributed by atoms with Gasteiger partial charge in [-0.15, -0.1) is 0 Å². The molecule has 0 radical (unpaired) electrons. The Balaban J connectivity index is 1.78. The lowest BCUT2D eigenvalue weighted by atomic mass is 10.1. The van der Waals surface area contributed by atoms with Crippen LogP contribution in [-0.2, 0) is 11.3 Å². The summed E-state index contributed by atoms with van der Waals surface area (Å²) in [5, 5.41) is 2.52. The quantitative estimate of drug-likeness (QED) is 0.897. The summed E-state index contributed by atoms with van der Waals surface area (Å²) in [6.45, 7) is 1.93. The normalized spacial score (nSPS) is 10.7. The number of rotatable bonds is 5. The van der Waals surface area contributed by atoms with Crippen molar-refractivity contribution in [2.45, 2.75) is 13.5 Å². The average molecular weight is 317 g/mol. The maximum atomic E-state index is 13.5. The van der Waals surface area contributed by atoms with Gasteiger partial charge in [0.25, 0.3) is 0 Å². The van der Waals surface area contributed by atoms with E-state index >= 15 is 0 Å². The maximum Gasteiger partial charge on any atom is 0.407 e. The van der Waals surface area contributed by atoms with Crippen LogP contribution in [0.2, 0.25) is 0 Å². The molecular weight excluding hydrogens is 300 g/mol. The number of nitrogens with one attached hydrogen (secondary N) is 1. The van der Waals surface area contributed by atoms with Crippen LogP contribution >= 0.6 is 0 Å². The van der Waals surface area contributed by atoms with E-state index in [-0.39, 0.29) is 18.7 Å². The number of carbonyl (C=O) groups is 1. The molecule has 2 rings (SSSR count). The molecule has 23 heavy (non-hydrogen) atoms. The molecule has 0 aliphatic heterocycles. The molecule has 2 aromatic carbocycles. The lowest BCUT2D eigenvalue weighted by molar-refractivity contribution is 0.141. The SMILES string of the molecule is Cc1cc(C=CCNC(=O)OCc2ccccc2)c(F)cc1F. The fourth-order valence-corrected chi connectivity index (χ4v) is 1.91. The van der Waals surface area contributed by atoms with Crippen LogP contribution in [0.25, 0.3) is 6.08 Å². The summed E-state index contributed by atoms with van der Waals surface area (Å²) in [4.78, 5) is 11.5. The minimum absolute atomic E-state index is 0.183. The van der Waals surface area contributed by atoms with Gasteiger partial charge in [0, 0.05) is 18.2 Å². The third-order valence-electron chi connectivity index (χ3n) is 3.15. The van der Waals surface area contributed by atoms with Gasteiger partial charge < -0.3 is 10.1 Å². The van der Waals surface area contributed by atoms with Crippen LogP contribution in [0.3, 0.4) is 0 Å². The summed E-state index contributed by atoms with van der Waals surface area (Å²) in [5.74, 6) is -1.22. The van der Waals surface area contributed by atoms with E-state index in [2.05, 4.69) is 5.32 Å². The van der Waals surface area contributed by atoms with E-state index in [1.54, 1.807) is 13.0 Å². The lowest BCUT2D eigenvalue weighted by Crippen LogP contribution is -2.24. The van der Waals surface area contributed by atoms with Gasteiger partial charge in [-0.2, -0.15) is 0 Å². The molecule has 0 heterocycles. The monoisotopic (exact) mass is 317 g/mol. The van der Waals surface area contributed by atoms with Gasteiger partial charge in [0.2, 0.25) is 0 Å². The number of ether oxygens (including phenoxy) is 1. The average Bonchev–Trinajstić information content (AvgIpc) is 2.55. The van der Waals surface area contributed by atoms with Crippen molar-refractivity contribution in [3.63, 3.8) is 0 Å². The highest BCUT2D eigenvalue weighted by molar-refractivity contribution is 5.67. The molecule has 0 aliphatic rings. The molecule has 0 atom stereocenters. The lowest BCUT2D eigenvalue weighted by Gasteiger charge is -2.05. The van der Waals surface area contributed by atoms with E-state index in [4.69, 9.17) is 4.74 Å². The second-order valence-corrected chi connectivity index (χ2v) is 4.97. The van der Waals surface area contributed by atoms with Crippen molar-refractivity contribution >= 4 is 12.2 Å². The summed E-state index contributed by atoms with van der Waals surface area (Å²) in [7, 11) is 0. The van der Waals surface area contributed by atoms with E-state index in [0.717, 1.165) is 11.6 Å². The molecule has 5 heteroatoms. The fourth-order valence-electron chi connectivity index (χ4n) is 1.91. The number of amides is 1. The third kappa shape index (κ3) is 5.21. The summed E-state index contributed by atoms with van der Waals surface area (Å²) in [6, 6.07) is 11.6. The molecule has 3 nitrogen and oxygen atoms in total. The smallest absolute Gasteiger partial charge is 0.407 e. The Labute approximate surface area is 133 Å². The standard InChI is InChI=1S/C18H17F2NO2/c1-13-10-15(17(20)11-16(13)19)8-5-9-21-18(22)23-12-14-6-3-2-4-7-14/h2-8,10-11H,9,12H2,1H3,(H,21,22). The fraction of sp³-hybridized carbons (Fsp3) is 0.167. The molecule has 2 aromatic rings. The van der Waals surface area contributed by atoms with Crippen LogP contribution in [0.1, 0.15) is 16.7 Å². The zero-order valence-corrected chi connectivity index (χ0v) is 12.7. The summed E-state index contributed by atoms with van der Waals surface area (Å²) >= 11 is 0. The molecule has 0 saturated carbocycles. The highest BCUT2D eigenvalue weighted by Crippen LogP contribution is 2.15. The van der Waals surface area contributed by atoms with Gasteiger partial charge in [-0.1, -0.05) is 42.5 Å². The Morgan fingerprint density at radius 1 is 1.17 bits per heavy atom. The van der Waals surface area contributed by atoms with Crippen LogP contribution in [-0.4, -0.2) is 12.6 Å². The Kier molecular flexibility index (Phi) is 5.86. The second-order valence-electron chi connectivity index (χ2n) is 4.97. The first kappa shape index (κ1) is 16.7. The van der Waals surface area contributed by atoms with Crippen LogP contribution < -0.4 is 5.32 Å². The Hall–Kier alpha value is -2.69. The van der Waals surface area contributed by atoms with Gasteiger partial charge >= 0.3 is 6.09 Å². The van der Waals surface area contributed by atoms with Crippen molar-refractivity contribution in [1.82, 2.24) is 5.32 Å². The van der Waals surface area contributed by atoms with Gasteiger partial charge in [0.05, 0.1) is 0 Å². The minimum Gasteiger partial charge on any atom is -0.445 e. The predicted molar refractivity (Wildman–Crippen MR) is 84.8 cm³/mol. The van der Waals surface area contributed by atoms with Gasteiger partial charge in [-0.05, 0) is 24.1 Å². The third-order valence-corrected chi connectivity index (χ3v) is 3.15. The number of benzene rings is 2. The van der Waals surface area contributed by atoms with Crippen molar-refractivity contribution in [2.75, 3.05) is 6.54 Å². The molecule has 0 aliphatic carbocycles. The highest BCUT2D eigenvalue weighted by atomic mass is 19.1. The zero-order valence-electron chi connectivity index (χ0n) is 12.7. The highest BCUT2D eigenvalue weighted by Gasteiger charge is 2.04. The molecule has 0 fully saturated rings. The van der Waals surface area contributed by atoms with E-state index in [0.29, 0.717) is 5.56 Å². The number of aryl methyl sites for hydroxylation is 1. The number of hydrogen-bond donors (Lipinski definition) is 1. The number of alkyl carbamates (subject to hydrolysis) is 1. The molecule has 0 unspecified atom stereocenters. The molecular formula is C18H17F2NO2. The van der Waals surface area contributed by atoms with Crippen molar-refractivity contribution in [1.29, 1.82) is 0 Å². The van der Waals surface area contributed by atoms with E-state index in [1.807, 2.05) is 30.3 Å². The van der Waals surface area contributed by atoms with Crippen molar-refractivity contribution in [2.24, 2.45) is 0 Å². The van der Waals surface area contributed by atoms with Crippen LogP contribution in [0.15, 0.2) is 48.5 Å². The molecule has 0 bridgehead atoms. The van der Waals surface area contributed by atoms with Crippen LogP contribution in [0.5, 0.6) is 0 Å². The first-order valence-electron chi connectivity index (χ1n) is 7.13. The van der Waals surface area contributed by atoms with E-state index < -0.39 is 17.7 Å². The van der Waals surface area contributed by atoms with Crippen LogP contribution in [0, 0.1) is 18.6 Å². The van der Waals surface area contributed by atoms with Gasteiger partial charge in [0.1, 0.15) is 18.2 Å². The zero-order chi connectivity index (χ0) is 16.7. The largest absolute Gasteiger partial charge is 0.445 e. The summed E-state index contributed by atoms with van der Waals surface area (Å²) in [5.41, 5.74) is 1.52. The van der Waals surface area contributed by atoms with Crippen LogP contribution in [0.4, 0.5) is 13.6 Å². The molecule has 0 saturated heterocycles. The van der Waals surface area contributed by atoms with E-state index in [9.17, 15) is 13.6 Å². The first-order valence-corrected chi connectivity index (χ1v) is 7.13. The maximum absolute atomic E-state index is 13.5. The number of halogens is 2. The van der Waals surface area contributed by atoms with Crippen molar-refractivity contribution in [3.8, 4) is 0 Å². The molecule has 120 valence electrons. The molecule has 0 aromatic heterocycles. The van der Waals surface area contributed by atoms with Gasteiger partial charge in [0.15, 0.2) is 0 Å². The number of carbonyl (C=O) groups excluding carboxylic acids is 1. The van der Waals surface area contributed by atoms with Gasteiger partial charge in [-0.3, -0.25) is 0 Å². The van der Waals surface area contributed by atoms with Gasteiger partial charge in [-0.25, -0.2) is 13.6 Å². The minimum atomic E-state index is -0.643. The predicted octanol–water partition coefficient (Wildman–Crippen LogP) is 4.21. The van der Waals surface area contributed by atoms with Crippen molar-refractivity contribution < 1.29 is 18.3 Å². The summed E-state index contributed by atoms with van der Waals surface area (Å²) < 4.78 is 31.7. The summed E-state index contributed by atoms with van der Waals surface area (Å²) in [6.07, 6.45) is 2.49. The number of hydrogen-bond acceptors (Lipinski definition) is 2.